The fourth-order valence-electron chi connectivity index (χ4n) is 3.80. The number of aromatic hydroxyl groups is 1. The van der Waals surface area contributed by atoms with Crippen LogP contribution in [-0.4, -0.2) is 46.2 Å². The van der Waals surface area contributed by atoms with Gasteiger partial charge in [0.15, 0.2) is 0 Å². The van der Waals surface area contributed by atoms with Crippen LogP contribution in [0, 0.1) is 0 Å². The fraction of sp³-hybridized carbons (Fsp3) is 0.111. The highest BCUT2D eigenvalue weighted by molar-refractivity contribution is 6.30. The zero-order valence-corrected chi connectivity index (χ0v) is 19.8. The van der Waals surface area contributed by atoms with E-state index in [-0.39, 0.29) is 23.4 Å². The molecule has 3 N–H and O–H groups in total. The molecule has 8 nitrogen and oxygen atoms in total. The molecule has 1 aromatic heterocycles. The number of phenols is 1. The Hall–Kier alpha value is -4.43. The van der Waals surface area contributed by atoms with Crippen molar-refractivity contribution >= 4 is 40.3 Å². The van der Waals surface area contributed by atoms with Crippen LogP contribution in [-0.2, 0) is 16.0 Å². The number of esters is 1. The number of hydrogen-bond donors (Lipinski definition) is 3. The van der Waals surface area contributed by atoms with Crippen molar-refractivity contribution in [2.24, 2.45) is 0 Å². The van der Waals surface area contributed by atoms with E-state index in [0.717, 1.165) is 11.1 Å². The van der Waals surface area contributed by atoms with Crippen molar-refractivity contribution in [1.82, 2.24) is 10.3 Å². The summed E-state index contributed by atoms with van der Waals surface area (Å²) in [4.78, 5) is 41.8. The van der Waals surface area contributed by atoms with Gasteiger partial charge in [-0.05, 0) is 59.2 Å². The maximum absolute atomic E-state index is 13.0. The summed E-state index contributed by atoms with van der Waals surface area (Å²) in [5.41, 5.74) is 2.26. The van der Waals surface area contributed by atoms with Gasteiger partial charge in [0.25, 0.3) is 5.91 Å². The first kappa shape index (κ1) is 24.7. The van der Waals surface area contributed by atoms with Crippen molar-refractivity contribution in [3.8, 4) is 16.9 Å². The van der Waals surface area contributed by atoms with E-state index in [1.54, 1.807) is 48.5 Å². The number of benzene rings is 3. The number of carboxylic acids is 1. The number of ether oxygens (including phenoxy) is 1. The summed E-state index contributed by atoms with van der Waals surface area (Å²) in [5.74, 6) is -2.57. The molecule has 0 aliphatic heterocycles. The molecule has 36 heavy (non-hydrogen) atoms. The molecule has 1 amide bonds. The fourth-order valence-corrected chi connectivity index (χ4v) is 3.99. The number of hydrogen-bond acceptors (Lipinski definition) is 6. The summed E-state index contributed by atoms with van der Waals surface area (Å²) in [5, 5.41) is 22.8. The highest BCUT2D eigenvalue weighted by Crippen LogP contribution is 2.28. The van der Waals surface area contributed by atoms with Crippen LogP contribution >= 0.6 is 11.6 Å². The molecule has 4 aromatic rings. The summed E-state index contributed by atoms with van der Waals surface area (Å²) < 4.78 is 4.81. The van der Waals surface area contributed by atoms with E-state index in [2.05, 4.69) is 10.3 Å². The lowest BCUT2D eigenvalue weighted by molar-refractivity contribution is -0.142. The molecular weight excluding hydrogens is 484 g/mol. The average molecular weight is 505 g/mol. The van der Waals surface area contributed by atoms with E-state index in [0.29, 0.717) is 21.5 Å². The van der Waals surface area contributed by atoms with E-state index in [4.69, 9.17) is 16.3 Å². The maximum Gasteiger partial charge on any atom is 0.336 e. The molecular formula is C27H21ClN2O6. The number of nitrogens with zero attached hydrogens (tertiary/aromatic N) is 1. The molecule has 0 aliphatic carbocycles. The number of carbonyl (C=O) groups is 3. The lowest BCUT2D eigenvalue weighted by atomic mass is 10.00. The Morgan fingerprint density at radius 3 is 2.39 bits per heavy atom. The van der Waals surface area contributed by atoms with Gasteiger partial charge in [0, 0.05) is 16.8 Å². The van der Waals surface area contributed by atoms with Crippen LogP contribution < -0.4 is 5.32 Å². The molecule has 0 bridgehead atoms. The number of amides is 1. The molecule has 3 aromatic carbocycles. The molecule has 1 atom stereocenters. The molecule has 0 spiro atoms. The van der Waals surface area contributed by atoms with Gasteiger partial charge in [-0.2, -0.15) is 0 Å². The van der Waals surface area contributed by atoms with Crippen LogP contribution in [0.5, 0.6) is 5.75 Å². The van der Waals surface area contributed by atoms with E-state index >= 15 is 0 Å². The Morgan fingerprint density at radius 2 is 1.72 bits per heavy atom. The first-order valence-corrected chi connectivity index (χ1v) is 11.2. The predicted octanol–water partition coefficient (Wildman–Crippen LogP) is 4.47. The lowest BCUT2D eigenvalue weighted by Crippen LogP contribution is -2.43. The highest BCUT2D eigenvalue weighted by atomic mass is 35.5. The standard InChI is InChI=1S/C27H21ClN2O6/c1-36-27(35)24(11-15-5-8-19(31)9-6-15)30-25(32)23-14-21(26(33)34)20-13-17(7-10-22(20)29-23)16-3-2-4-18(28)12-16/h2-10,12-14,24,31H,11H2,1H3,(H,30,32)(H,33,34)/t24-/m0/s1. The molecule has 0 radical (unpaired) electrons. The molecule has 182 valence electrons. The number of aromatic carboxylic acids is 1. The van der Waals surface area contributed by atoms with Gasteiger partial charge in [-0.25, -0.2) is 14.6 Å². The van der Waals surface area contributed by atoms with Gasteiger partial charge in [0.05, 0.1) is 18.2 Å². The number of nitrogens with one attached hydrogen (secondary N) is 1. The normalized spacial score (nSPS) is 11.6. The second kappa shape index (κ2) is 10.5. The summed E-state index contributed by atoms with van der Waals surface area (Å²) in [6.45, 7) is 0. The number of carboxylic acid groups (broad SMARTS) is 1. The van der Waals surface area contributed by atoms with Gasteiger partial charge in [-0.3, -0.25) is 4.79 Å². The predicted molar refractivity (Wildman–Crippen MR) is 134 cm³/mol. The third-order valence-corrected chi connectivity index (χ3v) is 5.83. The summed E-state index contributed by atoms with van der Waals surface area (Å²) >= 11 is 6.09. The Kier molecular flexibility index (Phi) is 7.17. The Labute approximate surface area is 211 Å². The molecule has 0 fully saturated rings. The number of carbonyl (C=O) groups excluding carboxylic acids is 2. The minimum absolute atomic E-state index is 0.0671. The highest BCUT2D eigenvalue weighted by Gasteiger charge is 2.25. The number of methoxy groups -OCH3 is 1. The minimum Gasteiger partial charge on any atom is -0.508 e. The van der Waals surface area contributed by atoms with Crippen molar-refractivity contribution in [3.63, 3.8) is 0 Å². The van der Waals surface area contributed by atoms with Gasteiger partial charge < -0.3 is 20.3 Å². The van der Waals surface area contributed by atoms with Gasteiger partial charge in [0.2, 0.25) is 0 Å². The first-order valence-electron chi connectivity index (χ1n) is 10.9. The largest absolute Gasteiger partial charge is 0.508 e. The molecule has 0 saturated carbocycles. The smallest absolute Gasteiger partial charge is 0.336 e. The number of pyridine rings is 1. The van der Waals surface area contributed by atoms with E-state index in [1.807, 2.05) is 6.07 Å². The Bertz CT molecular complexity index is 1470. The maximum atomic E-state index is 13.0. The molecule has 9 heteroatoms. The zero-order chi connectivity index (χ0) is 25.8. The van der Waals surface area contributed by atoms with E-state index in [9.17, 15) is 24.6 Å². The van der Waals surface area contributed by atoms with Crippen molar-refractivity contribution in [3.05, 3.63) is 94.6 Å². The second-order valence-electron chi connectivity index (χ2n) is 8.02. The SMILES string of the molecule is COC(=O)[C@H](Cc1ccc(O)cc1)NC(=O)c1cc(C(=O)O)c2cc(-c3cccc(Cl)c3)ccc2n1. The first-order chi connectivity index (χ1) is 17.2. The van der Waals surface area contributed by atoms with Gasteiger partial charge in [-0.15, -0.1) is 0 Å². The summed E-state index contributed by atoms with van der Waals surface area (Å²) in [6.07, 6.45) is 0.0983. The zero-order valence-electron chi connectivity index (χ0n) is 19.1. The van der Waals surface area contributed by atoms with Crippen molar-refractivity contribution in [1.29, 1.82) is 0 Å². The summed E-state index contributed by atoms with van der Waals surface area (Å²) in [7, 11) is 1.20. The number of rotatable bonds is 7. The monoisotopic (exact) mass is 504 g/mol. The van der Waals surface area contributed by atoms with Crippen molar-refractivity contribution in [2.75, 3.05) is 7.11 Å². The average Bonchev–Trinajstić information content (AvgIpc) is 2.87. The number of fused-ring (bicyclic) bond motifs is 1. The van der Waals surface area contributed by atoms with Gasteiger partial charge in [0.1, 0.15) is 17.5 Å². The van der Waals surface area contributed by atoms with Gasteiger partial charge >= 0.3 is 11.9 Å². The topological polar surface area (TPSA) is 126 Å². The van der Waals surface area contributed by atoms with Crippen molar-refractivity contribution < 1.29 is 29.3 Å². The van der Waals surface area contributed by atoms with Gasteiger partial charge in [-0.1, -0.05) is 41.9 Å². The van der Waals surface area contributed by atoms with Crippen LogP contribution in [0.3, 0.4) is 0 Å². The van der Waals surface area contributed by atoms with E-state index < -0.39 is 23.9 Å². The molecule has 0 aliphatic rings. The molecule has 1 heterocycles. The van der Waals surface area contributed by atoms with E-state index in [1.165, 1.54) is 25.3 Å². The Balaban J connectivity index is 1.67. The molecule has 4 rings (SSSR count). The number of halogens is 1. The summed E-state index contributed by atoms with van der Waals surface area (Å²) in [6, 6.07) is 18.5. The third-order valence-electron chi connectivity index (χ3n) is 5.60. The molecule has 0 unspecified atom stereocenters. The quantitative estimate of drug-likeness (QED) is 0.317. The molecule has 0 saturated heterocycles. The van der Waals surface area contributed by atoms with Crippen LogP contribution in [0.2, 0.25) is 5.02 Å². The third kappa shape index (κ3) is 5.45. The van der Waals surface area contributed by atoms with Crippen LogP contribution in [0.4, 0.5) is 0 Å². The van der Waals surface area contributed by atoms with Crippen molar-refractivity contribution in [2.45, 2.75) is 12.5 Å². The lowest BCUT2D eigenvalue weighted by Gasteiger charge is -2.17. The number of aromatic nitrogens is 1. The number of phenolic OH excluding ortho intramolecular Hbond substituents is 1. The Morgan fingerprint density at radius 1 is 1.00 bits per heavy atom. The van der Waals surface area contributed by atoms with Crippen LogP contribution in [0.15, 0.2) is 72.8 Å². The second-order valence-corrected chi connectivity index (χ2v) is 8.46. The van der Waals surface area contributed by atoms with Crippen LogP contribution in [0.25, 0.3) is 22.0 Å². The minimum atomic E-state index is -1.23. The van der Waals surface area contributed by atoms with Crippen LogP contribution in [0.1, 0.15) is 26.4 Å².